The highest BCUT2D eigenvalue weighted by atomic mass is 16.5. The fraction of sp³-hybridized carbons (Fsp3) is 0.143. The van der Waals surface area contributed by atoms with E-state index in [1.165, 1.54) is 19.4 Å². The zero-order chi connectivity index (χ0) is 9.14. The smallest absolute Gasteiger partial charge is 0.252 e. The normalized spacial score (nSPS) is 9.42. The van der Waals surface area contributed by atoms with Gasteiger partial charge in [-0.1, -0.05) is 0 Å². The van der Waals surface area contributed by atoms with Crippen molar-refractivity contribution in [3.63, 3.8) is 0 Å². The number of anilines is 1. The summed E-state index contributed by atoms with van der Waals surface area (Å²) in [6.07, 6.45) is 1.29. The van der Waals surface area contributed by atoms with Gasteiger partial charge in [0.05, 0.1) is 18.4 Å². The molecule has 0 aliphatic rings. The molecule has 0 unspecified atom stereocenters. The first-order valence-corrected chi connectivity index (χ1v) is 3.24. The van der Waals surface area contributed by atoms with Crippen molar-refractivity contribution < 1.29 is 9.53 Å². The van der Waals surface area contributed by atoms with Gasteiger partial charge in [-0.2, -0.15) is 0 Å². The summed E-state index contributed by atoms with van der Waals surface area (Å²) in [6, 6.07) is 1.44. The van der Waals surface area contributed by atoms with E-state index in [4.69, 9.17) is 16.2 Å². The lowest BCUT2D eigenvalue weighted by atomic mass is 10.2. The fourth-order valence-corrected chi connectivity index (χ4v) is 0.768. The van der Waals surface area contributed by atoms with Crippen molar-refractivity contribution in [2.75, 3.05) is 12.8 Å². The summed E-state index contributed by atoms with van der Waals surface area (Å²) in [7, 11) is 1.46. The number of amides is 1. The number of nitrogens with two attached hydrogens (primary N) is 2. The molecule has 0 bridgehead atoms. The van der Waals surface area contributed by atoms with E-state index in [0.717, 1.165) is 0 Å². The van der Waals surface area contributed by atoms with Gasteiger partial charge in [0.15, 0.2) is 0 Å². The van der Waals surface area contributed by atoms with Crippen LogP contribution in [0.25, 0.3) is 0 Å². The van der Waals surface area contributed by atoms with Gasteiger partial charge in [0, 0.05) is 12.3 Å². The molecule has 0 saturated heterocycles. The van der Waals surface area contributed by atoms with Crippen molar-refractivity contribution in [3.05, 3.63) is 17.8 Å². The third-order valence-corrected chi connectivity index (χ3v) is 1.39. The van der Waals surface area contributed by atoms with Crippen LogP contribution in [0.1, 0.15) is 10.4 Å². The highest BCUT2D eigenvalue weighted by Crippen LogP contribution is 2.15. The average Bonchev–Trinajstić information content (AvgIpc) is 2.03. The average molecular weight is 167 g/mol. The van der Waals surface area contributed by atoms with Crippen LogP contribution in [0.5, 0.6) is 5.88 Å². The molecule has 0 aromatic carbocycles. The van der Waals surface area contributed by atoms with E-state index >= 15 is 0 Å². The Morgan fingerprint density at radius 1 is 1.67 bits per heavy atom. The van der Waals surface area contributed by atoms with Gasteiger partial charge in [0.25, 0.3) is 5.91 Å². The van der Waals surface area contributed by atoms with Crippen molar-refractivity contribution in [2.45, 2.75) is 0 Å². The molecule has 1 rings (SSSR count). The lowest BCUT2D eigenvalue weighted by Crippen LogP contribution is -2.13. The van der Waals surface area contributed by atoms with Crippen molar-refractivity contribution in [1.29, 1.82) is 0 Å². The summed E-state index contributed by atoms with van der Waals surface area (Å²) in [5, 5.41) is 0. The van der Waals surface area contributed by atoms with Crippen molar-refractivity contribution in [2.24, 2.45) is 5.73 Å². The highest BCUT2D eigenvalue weighted by molar-refractivity contribution is 5.97. The topological polar surface area (TPSA) is 91.2 Å². The number of carbonyl (C=O) groups excluding carboxylic acids is 1. The molecule has 0 aliphatic heterocycles. The summed E-state index contributed by atoms with van der Waals surface area (Å²) in [5.41, 5.74) is 11.0. The van der Waals surface area contributed by atoms with Gasteiger partial charge in [-0.3, -0.25) is 4.79 Å². The second-order valence-electron chi connectivity index (χ2n) is 2.18. The largest absolute Gasteiger partial charge is 0.481 e. The number of hydrogen-bond donors (Lipinski definition) is 2. The number of nitrogens with zero attached hydrogens (tertiary/aromatic N) is 1. The number of nitrogen functional groups attached to an aromatic ring is 1. The van der Waals surface area contributed by atoms with Crippen LogP contribution in [0.15, 0.2) is 12.3 Å². The van der Waals surface area contributed by atoms with E-state index < -0.39 is 5.91 Å². The summed E-state index contributed by atoms with van der Waals surface area (Å²) in [4.78, 5) is 14.5. The lowest BCUT2D eigenvalue weighted by Gasteiger charge is -2.02. The maximum Gasteiger partial charge on any atom is 0.252 e. The maximum atomic E-state index is 10.7. The predicted octanol–water partition coefficient (Wildman–Crippen LogP) is -0.229. The molecule has 0 atom stereocenters. The van der Waals surface area contributed by atoms with E-state index in [1.54, 1.807) is 0 Å². The van der Waals surface area contributed by atoms with Crippen LogP contribution in [0, 0.1) is 0 Å². The van der Waals surface area contributed by atoms with Gasteiger partial charge in [0.1, 0.15) is 0 Å². The van der Waals surface area contributed by atoms with Gasteiger partial charge in [-0.05, 0) is 0 Å². The molecular formula is C7H9N3O2. The molecule has 1 heterocycles. The molecule has 64 valence electrons. The van der Waals surface area contributed by atoms with Crippen LogP contribution in [-0.4, -0.2) is 18.0 Å². The molecule has 5 heteroatoms. The van der Waals surface area contributed by atoms with Gasteiger partial charge >= 0.3 is 0 Å². The minimum absolute atomic E-state index is 0.204. The molecule has 1 aromatic heterocycles. The van der Waals surface area contributed by atoms with E-state index in [1.807, 2.05) is 0 Å². The van der Waals surface area contributed by atoms with Gasteiger partial charge in [-0.15, -0.1) is 0 Å². The zero-order valence-corrected chi connectivity index (χ0v) is 6.57. The molecule has 0 aliphatic carbocycles. The molecule has 0 fully saturated rings. The molecule has 1 amide bonds. The van der Waals surface area contributed by atoms with Gasteiger partial charge < -0.3 is 16.2 Å². The molecular weight excluding hydrogens is 158 g/mol. The molecule has 0 radical (unpaired) electrons. The quantitative estimate of drug-likeness (QED) is 0.636. The van der Waals surface area contributed by atoms with Crippen molar-refractivity contribution in [1.82, 2.24) is 4.98 Å². The Morgan fingerprint density at radius 3 is 2.75 bits per heavy atom. The summed E-state index contributed by atoms with van der Waals surface area (Å²) < 4.78 is 4.79. The number of methoxy groups -OCH3 is 1. The minimum atomic E-state index is -0.595. The van der Waals surface area contributed by atoms with Crippen LogP contribution in [0.4, 0.5) is 5.69 Å². The first kappa shape index (κ1) is 8.32. The third kappa shape index (κ3) is 1.45. The molecule has 0 saturated carbocycles. The van der Waals surface area contributed by atoms with Gasteiger partial charge in [0.2, 0.25) is 5.88 Å². The maximum absolute atomic E-state index is 10.7. The number of pyridine rings is 1. The Bertz CT molecular complexity index is 312. The van der Waals surface area contributed by atoms with Gasteiger partial charge in [-0.25, -0.2) is 4.98 Å². The Hall–Kier alpha value is -1.78. The Labute approximate surface area is 69.3 Å². The Morgan fingerprint density at radius 2 is 2.33 bits per heavy atom. The Kier molecular flexibility index (Phi) is 2.14. The third-order valence-electron chi connectivity index (χ3n) is 1.39. The zero-order valence-electron chi connectivity index (χ0n) is 6.57. The number of primary amides is 1. The SMILES string of the molecule is COc1cc(N)c(C(N)=O)cn1. The highest BCUT2D eigenvalue weighted by Gasteiger charge is 2.06. The number of ether oxygens (including phenoxy) is 1. The summed E-state index contributed by atoms with van der Waals surface area (Å²) in [5.74, 6) is -0.236. The second kappa shape index (κ2) is 3.08. The number of carbonyl (C=O) groups is 1. The second-order valence-corrected chi connectivity index (χ2v) is 2.18. The van der Waals surface area contributed by atoms with Crippen LogP contribution in [0.3, 0.4) is 0 Å². The first-order valence-electron chi connectivity index (χ1n) is 3.24. The summed E-state index contributed by atoms with van der Waals surface area (Å²) in [6.45, 7) is 0. The van der Waals surface area contributed by atoms with E-state index in [0.29, 0.717) is 5.88 Å². The standard InChI is InChI=1S/C7H9N3O2/c1-12-6-2-5(8)4(3-10-6)7(9)11/h2-3H,1H3,(H2,8,10)(H2,9,11). The molecule has 5 nitrogen and oxygen atoms in total. The van der Waals surface area contributed by atoms with Crippen LogP contribution in [-0.2, 0) is 0 Å². The van der Waals surface area contributed by atoms with E-state index in [9.17, 15) is 4.79 Å². The molecule has 4 N–H and O–H groups in total. The van der Waals surface area contributed by atoms with E-state index in [-0.39, 0.29) is 11.3 Å². The lowest BCUT2D eigenvalue weighted by molar-refractivity contribution is 0.100. The predicted molar refractivity (Wildman–Crippen MR) is 43.7 cm³/mol. The Balaban J connectivity index is 3.12. The van der Waals surface area contributed by atoms with E-state index in [2.05, 4.69) is 4.98 Å². The van der Waals surface area contributed by atoms with Crippen LogP contribution in [0.2, 0.25) is 0 Å². The number of aromatic nitrogens is 1. The van der Waals surface area contributed by atoms with Crippen LogP contribution < -0.4 is 16.2 Å². The monoisotopic (exact) mass is 167 g/mol. The molecule has 1 aromatic rings. The van der Waals surface area contributed by atoms with Crippen molar-refractivity contribution in [3.8, 4) is 5.88 Å². The van der Waals surface area contributed by atoms with Crippen molar-refractivity contribution >= 4 is 11.6 Å². The molecule has 0 spiro atoms. The first-order chi connectivity index (χ1) is 5.65. The number of rotatable bonds is 2. The summed E-state index contributed by atoms with van der Waals surface area (Å²) >= 11 is 0. The number of hydrogen-bond acceptors (Lipinski definition) is 4. The fourth-order valence-electron chi connectivity index (χ4n) is 0.768. The van der Waals surface area contributed by atoms with Crippen LogP contribution >= 0.6 is 0 Å². The molecule has 12 heavy (non-hydrogen) atoms. The minimum Gasteiger partial charge on any atom is -0.481 e.